The number of hydrogen-bond donors (Lipinski definition) is 2. The SMILES string of the molecule is O=C(Nc1ccc(-c2ccnc(Nc3ccc(N4CCOCC4)cc3)n2)cc1)[C@@H]1C[C@H]1c1ccccc1. The highest BCUT2D eigenvalue weighted by Crippen LogP contribution is 2.47. The summed E-state index contributed by atoms with van der Waals surface area (Å²) in [6, 6.07) is 28.2. The lowest BCUT2D eigenvalue weighted by atomic mass is 10.1. The molecule has 2 N–H and O–H groups in total. The van der Waals surface area contributed by atoms with E-state index in [0.29, 0.717) is 11.9 Å². The van der Waals surface area contributed by atoms with Gasteiger partial charge in [-0.15, -0.1) is 0 Å². The van der Waals surface area contributed by atoms with Gasteiger partial charge in [0, 0.05) is 47.8 Å². The van der Waals surface area contributed by atoms with E-state index in [1.807, 2.05) is 60.7 Å². The van der Waals surface area contributed by atoms with E-state index in [2.05, 4.69) is 49.8 Å². The lowest BCUT2D eigenvalue weighted by Gasteiger charge is -2.28. The van der Waals surface area contributed by atoms with Crippen LogP contribution in [0.15, 0.2) is 91.1 Å². The molecule has 2 heterocycles. The summed E-state index contributed by atoms with van der Waals surface area (Å²) in [5, 5.41) is 6.36. The van der Waals surface area contributed by atoms with E-state index in [-0.39, 0.29) is 11.8 Å². The number of hydrogen-bond acceptors (Lipinski definition) is 6. The van der Waals surface area contributed by atoms with Crippen molar-refractivity contribution in [3.63, 3.8) is 0 Å². The third kappa shape index (κ3) is 5.47. The van der Waals surface area contributed by atoms with E-state index in [0.717, 1.165) is 55.4 Å². The van der Waals surface area contributed by atoms with Crippen LogP contribution in [0.25, 0.3) is 11.3 Å². The molecule has 1 amide bonds. The number of rotatable bonds is 7. The van der Waals surface area contributed by atoms with Gasteiger partial charge in [0.15, 0.2) is 0 Å². The van der Waals surface area contributed by atoms with E-state index in [1.54, 1.807) is 6.20 Å². The summed E-state index contributed by atoms with van der Waals surface area (Å²) in [6.07, 6.45) is 2.65. The zero-order valence-electron chi connectivity index (χ0n) is 20.5. The number of nitrogens with zero attached hydrogens (tertiary/aromatic N) is 3. The average Bonchev–Trinajstić information content (AvgIpc) is 3.77. The lowest BCUT2D eigenvalue weighted by Crippen LogP contribution is -2.36. The van der Waals surface area contributed by atoms with Crippen LogP contribution in [0.4, 0.5) is 23.0 Å². The van der Waals surface area contributed by atoms with Gasteiger partial charge in [0.05, 0.1) is 18.9 Å². The Hall–Kier alpha value is -4.23. The molecule has 3 aromatic carbocycles. The zero-order valence-corrected chi connectivity index (χ0v) is 20.5. The molecule has 0 radical (unpaired) electrons. The first-order valence-electron chi connectivity index (χ1n) is 12.7. The summed E-state index contributed by atoms with van der Waals surface area (Å²) in [6.45, 7) is 3.36. The van der Waals surface area contributed by atoms with Crippen LogP contribution in [-0.2, 0) is 9.53 Å². The van der Waals surface area contributed by atoms with Gasteiger partial charge in [0.25, 0.3) is 0 Å². The number of carbonyl (C=O) groups is 1. The van der Waals surface area contributed by atoms with Gasteiger partial charge < -0.3 is 20.3 Å². The summed E-state index contributed by atoms with van der Waals surface area (Å²) < 4.78 is 5.44. The van der Waals surface area contributed by atoms with Crippen molar-refractivity contribution < 1.29 is 9.53 Å². The maximum Gasteiger partial charge on any atom is 0.228 e. The van der Waals surface area contributed by atoms with Crippen LogP contribution in [-0.4, -0.2) is 42.2 Å². The summed E-state index contributed by atoms with van der Waals surface area (Å²) in [4.78, 5) is 24.1. The van der Waals surface area contributed by atoms with Gasteiger partial charge >= 0.3 is 0 Å². The molecule has 0 bridgehead atoms. The molecule has 4 aromatic rings. The Morgan fingerprint density at radius 2 is 1.59 bits per heavy atom. The Balaban J connectivity index is 1.07. The number of carbonyl (C=O) groups excluding carboxylic acids is 1. The van der Waals surface area contributed by atoms with E-state index >= 15 is 0 Å². The molecule has 2 fully saturated rings. The van der Waals surface area contributed by atoms with Crippen LogP contribution in [0.5, 0.6) is 0 Å². The molecule has 0 unspecified atom stereocenters. The van der Waals surface area contributed by atoms with Crippen LogP contribution in [0, 0.1) is 5.92 Å². The lowest BCUT2D eigenvalue weighted by molar-refractivity contribution is -0.117. The van der Waals surface area contributed by atoms with Crippen molar-refractivity contribution in [2.75, 3.05) is 41.8 Å². The molecule has 6 rings (SSSR count). The first-order chi connectivity index (χ1) is 18.2. The summed E-state index contributed by atoms with van der Waals surface area (Å²) in [5.74, 6) is 0.980. The largest absolute Gasteiger partial charge is 0.378 e. The number of amides is 1. The quantitative estimate of drug-likeness (QED) is 0.357. The molecular weight excluding hydrogens is 462 g/mol. The number of nitrogens with one attached hydrogen (secondary N) is 2. The molecule has 186 valence electrons. The van der Waals surface area contributed by atoms with Crippen LogP contribution >= 0.6 is 0 Å². The van der Waals surface area contributed by atoms with Crippen molar-refractivity contribution >= 4 is 28.9 Å². The molecule has 1 saturated carbocycles. The third-order valence-corrected chi connectivity index (χ3v) is 6.96. The Morgan fingerprint density at radius 1 is 0.865 bits per heavy atom. The zero-order chi connectivity index (χ0) is 25.0. The molecule has 2 aliphatic rings. The van der Waals surface area contributed by atoms with E-state index < -0.39 is 0 Å². The Labute approximate surface area is 216 Å². The van der Waals surface area contributed by atoms with Crippen LogP contribution in [0.2, 0.25) is 0 Å². The molecule has 1 aliphatic carbocycles. The maximum atomic E-state index is 12.7. The minimum absolute atomic E-state index is 0.0421. The minimum Gasteiger partial charge on any atom is -0.378 e. The van der Waals surface area contributed by atoms with Crippen LogP contribution in [0.3, 0.4) is 0 Å². The normalized spacial score (nSPS) is 18.8. The van der Waals surface area contributed by atoms with Crippen LogP contribution < -0.4 is 15.5 Å². The molecule has 37 heavy (non-hydrogen) atoms. The summed E-state index contributed by atoms with van der Waals surface area (Å²) in [7, 11) is 0. The second-order valence-electron chi connectivity index (χ2n) is 9.46. The fourth-order valence-electron chi connectivity index (χ4n) is 4.80. The molecule has 0 spiro atoms. The van der Waals surface area contributed by atoms with E-state index in [9.17, 15) is 4.79 Å². The van der Waals surface area contributed by atoms with Crippen molar-refractivity contribution in [3.8, 4) is 11.3 Å². The van der Waals surface area contributed by atoms with Gasteiger partial charge in [0.1, 0.15) is 0 Å². The smallest absolute Gasteiger partial charge is 0.228 e. The third-order valence-electron chi connectivity index (χ3n) is 6.96. The highest BCUT2D eigenvalue weighted by atomic mass is 16.5. The van der Waals surface area contributed by atoms with Crippen LogP contribution in [0.1, 0.15) is 17.9 Å². The van der Waals surface area contributed by atoms with Crippen molar-refractivity contribution in [3.05, 3.63) is 96.7 Å². The van der Waals surface area contributed by atoms with Gasteiger partial charge in [-0.2, -0.15) is 0 Å². The predicted octanol–water partition coefficient (Wildman–Crippen LogP) is 5.47. The number of ether oxygens (including phenoxy) is 1. The fraction of sp³-hybridized carbons (Fsp3) is 0.233. The number of morpholine rings is 1. The second kappa shape index (κ2) is 10.4. The minimum atomic E-state index is 0.0421. The number of benzene rings is 3. The molecule has 2 atom stereocenters. The van der Waals surface area contributed by atoms with Gasteiger partial charge in [-0.3, -0.25) is 4.79 Å². The fourth-order valence-corrected chi connectivity index (χ4v) is 4.80. The topological polar surface area (TPSA) is 79.4 Å². The maximum absolute atomic E-state index is 12.7. The summed E-state index contributed by atoms with van der Waals surface area (Å²) in [5.41, 5.74) is 5.92. The molecule has 1 saturated heterocycles. The monoisotopic (exact) mass is 491 g/mol. The molecule has 7 heteroatoms. The van der Waals surface area contributed by atoms with Crippen molar-refractivity contribution in [2.45, 2.75) is 12.3 Å². The summed E-state index contributed by atoms with van der Waals surface area (Å²) >= 11 is 0. The van der Waals surface area contributed by atoms with E-state index in [4.69, 9.17) is 4.74 Å². The van der Waals surface area contributed by atoms with E-state index in [1.165, 1.54) is 11.3 Å². The first-order valence-corrected chi connectivity index (χ1v) is 12.7. The average molecular weight is 492 g/mol. The Kier molecular flexibility index (Phi) is 6.52. The van der Waals surface area contributed by atoms with Gasteiger partial charge in [-0.25, -0.2) is 9.97 Å². The Bertz CT molecular complexity index is 1350. The molecular formula is C30H29N5O2. The van der Waals surface area contributed by atoms with Crippen molar-refractivity contribution in [1.29, 1.82) is 0 Å². The van der Waals surface area contributed by atoms with Gasteiger partial charge in [0.2, 0.25) is 11.9 Å². The van der Waals surface area contributed by atoms with Gasteiger partial charge in [-0.05, 0) is 60.4 Å². The number of anilines is 4. The van der Waals surface area contributed by atoms with Crippen molar-refractivity contribution in [2.24, 2.45) is 5.92 Å². The molecule has 1 aliphatic heterocycles. The standard InChI is InChI=1S/C30H29N5O2/c36-29(27-20-26(27)21-4-2-1-3-5-21)32-23-8-6-22(7-9-23)28-14-15-31-30(34-28)33-24-10-12-25(13-11-24)35-16-18-37-19-17-35/h1-15,26-27H,16-20H2,(H,32,36)(H,31,33,34)/t26-,27+/m0/s1. The predicted molar refractivity (Wildman–Crippen MR) is 146 cm³/mol. The second-order valence-corrected chi connectivity index (χ2v) is 9.46. The number of aromatic nitrogens is 2. The highest BCUT2D eigenvalue weighted by molar-refractivity contribution is 5.95. The first kappa shape index (κ1) is 23.2. The Morgan fingerprint density at radius 3 is 2.35 bits per heavy atom. The molecule has 1 aromatic heterocycles. The van der Waals surface area contributed by atoms with Crippen molar-refractivity contribution in [1.82, 2.24) is 9.97 Å². The van der Waals surface area contributed by atoms with Gasteiger partial charge in [-0.1, -0.05) is 42.5 Å². The highest BCUT2D eigenvalue weighted by Gasteiger charge is 2.43. The molecule has 7 nitrogen and oxygen atoms in total.